The fourth-order valence-corrected chi connectivity index (χ4v) is 2.52. The van der Waals surface area contributed by atoms with Crippen molar-refractivity contribution in [3.05, 3.63) is 48.3 Å². The van der Waals surface area contributed by atoms with Crippen LogP contribution in [0.5, 0.6) is 0 Å². The van der Waals surface area contributed by atoms with E-state index in [4.69, 9.17) is 5.11 Å². The summed E-state index contributed by atoms with van der Waals surface area (Å²) in [5.41, 5.74) is 0.915. The third kappa shape index (κ3) is 4.37. The number of likely N-dealkylation sites (N-methyl/N-ethyl adjacent to an activating group) is 1. The maximum absolute atomic E-state index is 11.1. The Kier molecular flexibility index (Phi) is 5.84. The van der Waals surface area contributed by atoms with Crippen molar-refractivity contribution in [3.63, 3.8) is 0 Å². The number of hydrogen-bond acceptors (Lipinski definition) is 5. The molecular weight excluding hydrogens is 296 g/mol. The Morgan fingerprint density at radius 2 is 2.13 bits per heavy atom. The zero-order valence-electron chi connectivity index (χ0n) is 13.3. The van der Waals surface area contributed by atoms with Gasteiger partial charge in [-0.25, -0.2) is 4.98 Å². The average Bonchev–Trinajstić information content (AvgIpc) is 2.95. The van der Waals surface area contributed by atoms with Crippen molar-refractivity contribution in [2.75, 3.05) is 7.05 Å². The van der Waals surface area contributed by atoms with Crippen molar-refractivity contribution in [2.24, 2.45) is 5.92 Å². The van der Waals surface area contributed by atoms with Crippen molar-refractivity contribution in [3.8, 4) is 0 Å². The van der Waals surface area contributed by atoms with Gasteiger partial charge in [0.2, 0.25) is 0 Å². The van der Waals surface area contributed by atoms with Crippen LogP contribution < -0.4 is 5.32 Å². The summed E-state index contributed by atoms with van der Waals surface area (Å²) in [5.74, 6) is -0.528. The first-order chi connectivity index (χ1) is 11.0. The van der Waals surface area contributed by atoms with E-state index in [9.17, 15) is 9.90 Å². The van der Waals surface area contributed by atoms with Gasteiger partial charge in [0.05, 0.1) is 18.3 Å². The zero-order valence-corrected chi connectivity index (χ0v) is 13.3. The normalized spacial score (nSPS) is 15.1. The average molecular weight is 318 g/mol. The summed E-state index contributed by atoms with van der Waals surface area (Å²) in [4.78, 5) is 19.7. The van der Waals surface area contributed by atoms with Crippen LogP contribution in [0.25, 0.3) is 0 Å². The molecule has 0 unspecified atom stereocenters. The van der Waals surface area contributed by atoms with Crippen LogP contribution in [-0.2, 0) is 17.8 Å². The topological polar surface area (TPSA) is 100 Å². The number of aliphatic carboxylic acids is 1. The fraction of sp³-hybridized carbons (Fsp3) is 0.438. The standard InChI is InChI=1S/C16H22N4O3/c1-11(15(21)14(17-2)16(22)23)9-13-19-7-8-20(13)10-12-5-3-4-6-18-12/h3-8,11,14-15,17,21H,9-10H2,1-2H3,(H,22,23)/t11-,14+,15-/m1/s1. The summed E-state index contributed by atoms with van der Waals surface area (Å²) in [6, 6.07) is 4.73. The number of carbonyl (C=O) groups is 1. The number of nitrogens with zero attached hydrogens (tertiary/aromatic N) is 3. The molecule has 2 aromatic heterocycles. The van der Waals surface area contributed by atoms with Gasteiger partial charge in [-0.3, -0.25) is 9.78 Å². The predicted octanol–water partition coefficient (Wildman–Crippen LogP) is 0.539. The predicted molar refractivity (Wildman–Crippen MR) is 84.9 cm³/mol. The van der Waals surface area contributed by atoms with Crippen molar-refractivity contribution >= 4 is 5.97 Å². The maximum atomic E-state index is 11.1. The number of aromatic nitrogens is 3. The van der Waals surface area contributed by atoms with Crippen LogP contribution in [-0.4, -0.2) is 49.9 Å². The van der Waals surface area contributed by atoms with E-state index < -0.39 is 18.1 Å². The molecule has 2 heterocycles. The molecule has 0 saturated heterocycles. The number of carboxylic acid groups (broad SMARTS) is 1. The smallest absolute Gasteiger partial charge is 0.323 e. The molecule has 0 bridgehead atoms. The number of imidazole rings is 1. The molecular formula is C16H22N4O3. The van der Waals surface area contributed by atoms with Crippen LogP contribution in [0.3, 0.4) is 0 Å². The Balaban J connectivity index is 2.06. The van der Waals surface area contributed by atoms with Gasteiger partial charge in [0, 0.05) is 25.0 Å². The number of carboxylic acids is 1. The van der Waals surface area contributed by atoms with Gasteiger partial charge < -0.3 is 20.1 Å². The van der Waals surface area contributed by atoms with Gasteiger partial charge >= 0.3 is 5.97 Å². The molecule has 0 fully saturated rings. The molecule has 0 aliphatic rings. The summed E-state index contributed by atoms with van der Waals surface area (Å²) in [6.45, 7) is 2.41. The van der Waals surface area contributed by atoms with Crippen LogP contribution >= 0.6 is 0 Å². The number of nitrogens with one attached hydrogen (secondary N) is 1. The van der Waals surface area contributed by atoms with Gasteiger partial charge in [-0.1, -0.05) is 13.0 Å². The van der Waals surface area contributed by atoms with Gasteiger partial charge in [-0.2, -0.15) is 0 Å². The summed E-state index contributed by atoms with van der Waals surface area (Å²) in [6.07, 6.45) is 4.77. The molecule has 0 spiro atoms. The molecule has 0 radical (unpaired) electrons. The maximum Gasteiger partial charge on any atom is 0.323 e. The molecule has 0 aliphatic carbocycles. The first kappa shape index (κ1) is 17.1. The molecule has 3 atom stereocenters. The van der Waals surface area contributed by atoms with E-state index in [0.29, 0.717) is 13.0 Å². The van der Waals surface area contributed by atoms with Crippen molar-refractivity contribution in [1.29, 1.82) is 0 Å². The lowest BCUT2D eigenvalue weighted by Gasteiger charge is -2.24. The molecule has 7 heteroatoms. The highest BCUT2D eigenvalue weighted by Crippen LogP contribution is 2.15. The van der Waals surface area contributed by atoms with Crippen molar-refractivity contribution in [2.45, 2.75) is 32.0 Å². The zero-order chi connectivity index (χ0) is 16.8. The highest BCUT2D eigenvalue weighted by Gasteiger charge is 2.30. The fourth-order valence-electron chi connectivity index (χ4n) is 2.52. The number of aliphatic hydroxyl groups excluding tert-OH is 1. The Morgan fingerprint density at radius 1 is 1.35 bits per heavy atom. The molecule has 23 heavy (non-hydrogen) atoms. The molecule has 0 saturated carbocycles. The highest BCUT2D eigenvalue weighted by molar-refractivity contribution is 5.74. The third-order valence-electron chi connectivity index (χ3n) is 3.87. The Bertz CT molecular complexity index is 629. The molecule has 0 aromatic carbocycles. The second-order valence-corrected chi connectivity index (χ2v) is 5.57. The van der Waals surface area contributed by atoms with E-state index >= 15 is 0 Å². The van der Waals surface area contributed by atoms with E-state index in [1.807, 2.05) is 35.9 Å². The second kappa shape index (κ2) is 7.85. The minimum absolute atomic E-state index is 0.256. The SMILES string of the molecule is CN[C@H](C(=O)O)[C@H](O)[C@H](C)Cc1nccn1Cc1ccccn1. The second-order valence-electron chi connectivity index (χ2n) is 5.57. The van der Waals surface area contributed by atoms with Gasteiger partial charge in [0.1, 0.15) is 11.9 Å². The lowest BCUT2D eigenvalue weighted by atomic mass is 9.94. The monoisotopic (exact) mass is 318 g/mol. The third-order valence-corrected chi connectivity index (χ3v) is 3.87. The Hall–Kier alpha value is -2.25. The summed E-state index contributed by atoms with van der Waals surface area (Å²) in [7, 11) is 1.52. The highest BCUT2D eigenvalue weighted by atomic mass is 16.4. The van der Waals surface area contributed by atoms with Crippen molar-refractivity contribution < 1.29 is 15.0 Å². The van der Waals surface area contributed by atoms with Gasteiger partial charge in [0.15, 0.2) is 0 Å². The Morgan fingerprint density at radius 3 is 2.74 bits per heavy atom. The van der Waals surface area contributed by atoms with Gasteiger partial charge in [0.25, 0.3) is 0 Å². The molecule has 0 aliphatic heterocycles. The van der Waals surface area contributed by atoms with Gasteiger partial charge in [-0.15, -0.1) is 0 Å². The molecule has 7 nitrogen and oxygen atoms in total. The van der Waals surface area contributed by atoms with Crippen LogP contribution in [0.4, 0.5) is 0 Å². The van der Waals surface area contributed by atoms with Crippen LogP contribution in [0.15, 0.2) is 36.8 Å². The molecule has 0 amide bonds. The number of pyridine rings is 1. The van der Waals surface area contributed by atoms with Crippen molar-refractivity contribution in [1.82, 2.24) is 19.9 Å². The largest absolute Gasteiger partial charge is 0.480 e. The minimum Gasteiger partial charge on any atom is -0.480 e. The molecule has 2 rings (SSSR count). The lowest BCUT2D eigenvalue weighted by molar-refractivity contribution is -0.143. The quantitative estimate of drug-likeness (QED) is 0.657. The lowest BCUT2D eigenvalue weighted by Crippen LogP contribution is -2.47. The first-order valence-corrected chi connectivity index (χ1v) is 7.51. The van der Waals surface area contributed by atoms with E-state index in [0.717, 1.165) is 11.5 Å². The Labute approximate surface area is 135 Å². The van der Waals surface area contributed by atoms with Crippen LogP contribution in [0, 0.1) is 5.92 Å². The molecule has 3 N–H and O–H groups in total. The number of rotatable bonds is 8. The summed E-state index contributed by atoms with van der Waals surface area (Å²) < 4.78 is 1.96. The molecule has 124 valence electrons. The van der Waals surface area contributed by atoms with Crippen LogP contribution in [0.2, 0.25) is 0 Å². The number of aliphatic hydroxyl groups is 1. The van der Waals surface area contributed by atoms with E-state index in [-0.39, 0.29) is 5.92 Å². The minimum atomic E-state index is -1.07. The van der Waals surface area contributed by atoms with E-state index in [2.05, 4.69) is 15.3 Å². The molecule has 2 aromatic rings. The number of hydrogen-bond donors (Lipinski definition) is 3. The van der Waals surface area contributed by atoms with E-state index in [1.54, 1.807) is 12.4 Å². The summed E-state index contributed by atoms with van der Waals surface area (Å²) in [5, 5.41) is 22.0. The van der Waals surface area contributed by atoms with Crippen LogP contribution in [0.1, 0.15) is 18.4 Å². The van der Waals surface area contributed by atoms with E-state index in [1.165, 1.54) is 7.05 Å². The first-order valence-electron chi connectivity index (χ1n) is 7.51. The van der Waals surface area contributed by atoms with Gasteiger partial charge in [-0.05, 0) is 25.1 Å². The summed E-state index contributed by atoms with van der Waals surface area (Å²) >= 11 is 0.